The van der Waals surface area contributed by atoms with E-state index in [1.54, 1.807) is 13.8 Å². The minimum Gasteiger partial charge on any atom is -0.282 e. The van der Waals surface area contributed by atoms with E-state index in [1.165, 1.54) is 70.9 Å². The Morgan fingerprint density at radius 1 is 0.735 bits per heavy atom. The Hall–Kier alpha value is 1.62. The van der Waals surface area contributed by atoms with Crippen molar-refractivity contribution >= 4 is 104 Å². The molecule has 0 aromatic rings. The van der Waals surface area contributed by atoms with Crippen molar-refractivity contribution in [1.82, 2.24) is 0 Å². The predicted octanol–water partition coefficient (Wildman–Crippen LogP) is 8.03. The molecular weight excluding hydrogens is 577 g/mol. The highest BCUT2D eigenvalue weighted by Gasteiger charge is 2.26. The van der Waals surface area contributed by atoms with Gasteiger partial charge in [-0.15, -0.1) is 47.0 Å². The van der Waals surface area contributed by atoms with Crippen LogP contribution in [0.4, 0.5) is 0 Å². The van der Waals surface area contributed by atoms with E-state index in [0.29, 0.717) is 11.1 Å². The highest BCUT2D eigenvalue weighted by Crippen LogP contribution is 2.43. The lowest BCUT2D eigenvalue weighted by molar-refractivity contribution is -0.108. The first kappa shape index (κ1) is 31.8. The van der Waals surface area contributed by atoms with Crippen LogP contribution in [0.3, 0.4) is 0 Å². The van der Waals surface area contributed by atoms with Crippen molar-refractivity contribution in [2.24, 2.45) is 0 Å². The molecule has 0 N–H and O–H groups in total. The fourth-order valence-electron chi connectivity index (χ4n) is 3.17. The third-order valence-electron chi connectivity index (χ3n) is 5.01. The summed E-state index contributed by atoms with van der Waals surface area (Å²) in [7, 11) is 0. The van der Waals surface area contributed by atoms with Crippen LogP contribution in [0.2, 0.25) is 0 Å². The minimum absolute atomic E-state index is 0.147. The molecule has 2 nitrogen and oxygen atoms in total. The first-order valence-corrected chi connectivity index (χ1v) is 20.0. The molecule has 34 heavy (non-hydrogen) atoms. The second kappa shape index (κ2) is 18.8. The van der Waals surface area contributed by atoms with Crippen molar-refractivity contribution in [2.75, 3.05) is 46.0 Å². The number of carbonyl (C=O) groups excluding carboxylic acids is 2. The second-order valence-electron chi connectivity index (χ2n) is 8.31. The smallest absolute Gasteiger partial charge is 0.214 e. The van der Waals surface area contributed by atoms with Gasteiger partial charge < -0.3 is 0 Å². The van der Waals surface area contributed by atoms with Gasteiger partial charge in [0, 0.05) is 56.5 Å². The van der Waals surface area contributed by atoms with Gasteiger partial charge in [-0.25, -0.2) is 0 Å². The molecule has 0 aliphatic carbocycles. The van der Waals surface area contributed by atoms with E-state index in [2.05, 4.69) is 83.7 Å². The molecule has 4 atom stereocenters. The number of carbonyl (C=O) groups is 2. The van der Waals surface area contributed by atoms with Crippen LogP contribution >= 0.6 is 94.1 Å². The number of thioether (sulfide) groups is 8. The molecular formula is C24H38O2S8. The molecule has 0 aromatic carbocycles. The zero-order valence-electron chi connectivity index (χ0n) is 20.3. The van der Waals surface area contributed by atoms with E-state index in [1.807, 2.05) is 0 Å². The van der Waals surface area contributed by atoms with Crippen LogP contribution in [0.15, 0.2) is 24.3 Å². The van der Waals surface area contributed by atoms with Crippen molar-refractivity contribution in [3.05, 3.63) is 24.3 Å². The van der Waals surface area contributed by atoms with Crippen LogP contribution in [0.1, 0.15) is 39.5 Å². The number of hydrogen-bond acceptors (Lipinski definition) is 10. The van der Waals surface area contributed by atoms with Crippen molar-refractivity contribution in [3.63, 3.8) is 0 Å². The Morgan fingerprint density at radius 2 is 1.15 bits per heavy atom. The molecule has 0 aromatic heterocycles. The quantitative estimate of drug-likeness (QED) is 0.119. The summed E-state index contributed by atoms with van der Waals surface area (Å²) < 4.78 is 1.49. The Balaban J connectivity index is 1.40. The zero-order chi connectivity index (χ0) is 24.8. The maximum Gasteiger partial charge on any atom is 0.214 e. The molecule has 10 heteroatoms. The van der Waals surface area contributed by atoms with Gasteiger partial charge in [-0.05, 0) is 50.7 Å². The summed E-state index contributed by atoms with van der Waals surface area (Å²) in [6.45, 7) is 11.0. The van der Waals surface area contributed by atoms with Crippen LogP contribution in [-0.4, -0.2) is 75.9 Å². The molecule has 2 saturated heterocycles. The second-order valence-corrected chi connectivity index (χ2v) is 18.8. The number of hydrogen-bond donors (Lipinski definition) is 0. The summed E-state index contributed by atoms with van der Waals surface area (Å²) in [4.78, 5) is 23.2. The maximum atomic E-state index is 11.6. The molecule has 4 unspecified atom stereocenters. The lowest BCUT2D eigenvalue weighted by Gasteiger charge is -2.11. The third-order valence-corrected chi connectivity index (χ3v) is 17.1. The van der Waals surface area contributed by atoms with Gasteiger partial charge in [0.05, 0.1) is 9.16 Å². The van der Waals surface area contributed by atoms with Gasteiger partial charge in [0.15, 0.2) is 0 Å². The van der Waals surface area contributed by atoms with Crippen LogP contribution in [-0.2, 0) is 9.59 Å². The monoisotopic (exact) mass is 614 g/mol. The minimum atomic E-state index is 0.147. The van der Waals surface area contributed by atoms with Crippen molar-refractivity contribution in [2.45, 2.75) is 59.2 Å². The molecule has 2 heterocycles. The van der Waals surface area contributed by atoms with Gasteiger partial charge in [-0.1, -0.05) is 36.7 Å². The number of rotatable bonds is 17. The maximum absolute atomic E-state index is 11.6. The fraction of sp³-hybridized carbons (Fsp3) is 0.750. The summed E-state index contributed by atoms with van der Waals surface area (Å²) in [5.74, 6) is 9.42. The van der Waals surface area contributed by atoms with Crippen LogP contribution in [0, 0.1) is 0 Å². The topological polar surface area (TPSA) is 34.1 Å². The molecule has 0 radical (unpaired) electrons. The van der Waals surface area contributed by atoms with E-state index in [9.17, 15) is 9.59 Å². The Labute approximate surface area is 241 Å². The molecule has 0 bridgehead atoms. The van der Waals surface area contributed by atoms with Crippen LogP contribution in [0.5, 0.6) is 0 Å². The van der Waals surface area contributed by atoms with Gasteiger partial charge in [0.1, 0.15) is 0 Å². The van der Waals surface area contributed by atoms with Gasteiger partial charge in [-0.2, -0.15) is 23.5 Å². The molecule has 0 spiro atoms. The molecule has 2 fully saturated rings. The van der Waals surface area contributed by atoms with Crippen molar-refractivity contribution in [3.8, 4) is 0 Å². The first-order valence-electron chi connectivity index (χ1n) is 11.7. The lowest BCUT2D eigenvalue weighted by atomic mass is 10.3. The summed E-state index contributed by atoms with van der Waals surface area (Å²) in [5, 5.41) is 1.82. The molecule has 0 saturated carbocycles. The Kier molecular flexibility index (Phi) is 17.6. The van der Waals surface area contributed by atoms with Gasteiger partial charge >= 0.3 is 0 Å². The Bertz CT molecular complexity index is 615. The zero-order valence-corrected chi connectivity index (χ0v) is 26.8. The van der Waals surface area contributed by atoms with E-state index in [4.69, 9.17) is 0 Å². The average Bonchev–Trinajstić information content (AvgIpc) is 3.45. The third kappa shape index (κ3) is 14.0. The Morgan fingerprint density at radius 3 is 1.53 bits per heavy atom. The summed E-state index contributed by atoms with van der Waals surface area (Å²) in [5.41, 5.74) is 1.32. The van der Waals surface area contributed by atoms with Gasteiger partial charge in [0.2, 0.25) is 10.2 Å². The van der Waals surface area contributed by atoms with Crippen molar-refractivity contribution in [1.29, 1.82) is 0 Å². The molecule has 2 aliphatic heterocycles. The molecule has 2 rings (SSSR count). The first-order chi connectivity index (χ1) is 16.3. The van der Waals surface area contributed by atoms with Gasteiger partial charge in [-0.3, -0.25) is 9.59 Å². The summed E-state index contributed by atoms with van der Waals surface area (Å²) in [6, 6.07) is 0. The van der Waals surface area contributed by atoms with E-state index < -0.39 is 0 Å². The van der Waals surface area contributed by atoms with E-state index >= 15 is 0 Å². The molecule has 0 amide bonds. The summed E-state index contributed by atoms with van der Waals surface area (Å²) >= 11 is 15.7. The fourth-order valence-corrected chi connectivity index (χ4v) is 14.7. The van der Waals surface area contributed by atoms with Gasteiger partial charge in [0.25, 0.3) is 0 Å². The van der Waals surface area contributed by atoms with E-state index in [0.717, 1.165) is 44.0 Å². The lowest BCUT2D eigenvalue weighted by Crippen LogP contribution is -2.04. The molecule has 2 aliphatic rings. The standard InChI is InChI=1S/C24H38O2S8/c1-17(2)23(25)29-9-5-7-19-13-31-21(33-19)15-27-11-12-28-16-22-32-14-20(34-22)8-6-10-30-24(26)18(3)4/h19-22H,1,3,5-16H2,2,4H3. The highest BCUT2D eigenvalue weighted by molar-refractivity contribution is 8.22. The van der Waals surface area contributed by atoms with Crippen LogP contribution in [0.25, 0.3) is 0 Å². The summed E-state index contributed by atoms with van der Waals surface area (Å²) in [6.07, 6.45) is 4.72. The van der Waals surface area contributed by atoms with E-state index in [-0.39, 0.29) is 10.2 Å². The highest BCUT2D eigenvalue weighted by atomic mass is 32.2. The van der Waals surface area contributed by atoms with Crippen molar-refractivity contribution < 1.29 is 9.59 Å². The SMILES string of the molecule is C=C(C)C(=O)SCCCC1CSC(CSCCSCC2SCC(CCCSC(=O)C(=C)C)S2)S1. The normalized spacial score (nSPS) is 24.4. The largest absolute Gasteiger partial charge is 0.282 e. The molecule has 194 valence electrons. The van der Waals surface area contributed by atoms with Crippen LogP contribution < -0.4 is 0 Å². The predicted molar refractivity (Wildman–Crippen MR) is 173 cm³/mol. The average molecular weight is 615 g/mol.